The average Bonchev–Trinajstić information content (AvgIpc) is 2.83. The molecule has 1 atom stereocenters. The number of carbonyl (C=O) groups is 2. The van der Waals surface area contributed by atoms with E-state index in [2.05, 4.69) is 20.8 Å². The Morgan fingerprint density at radius 2 is 0.912 bits per heavy atom. The van der Waals surface area contributed by atoms with Gasteiger partial charge in [0, 0.05) is 12.8 Å². The monoisotopic (exact) mass is 482 g/mol. The summed E-state index contributed by atoms with van der Waals surface area (Å²) >= 11 is 0. The second-order valence-corrected chi connectivity index (χ2v) is 10.3. The van der Waals surface area contributed by atoms with Crippen LogP contribution in [0.5, 0.6) is 0 Å². The molecule has 34 heavy (non-hydrogen) atoms. The first-order chi connectivity index (χ1) is 16.6. The molecule has 0 radical (unpaired) electrons. The predicted octanol–water partition coefficient (Wildman–Crippen LogP) is 9.33. The second-order valence-electron chi connectivity index (χ2n) is 10.3. The Labute approximate surface area is 212 Å². The van der Waals surface area contributed by atoms with Crippen molar-refractivity contribution in [3.8, 4) is 0 Å². The molecule has 4 heteroatoms. The summed E-state index contributed by atoms with van der Waals surface area (Å²) in [7, 11) is 0. The number of esters is 2. The molecular formula is C30H58O4. The van der Waals surface area contributed by atoms with Crippen molar-refractivity contribution in [1.29, 1.82) is 0 Å². The second kappa shape index (κ2) is 26.5. The number of hydrogen-bond acceptors (Lipinski definition) is 4. The third kappa shape index (κ3) is 25.6. The molecule has 0 amide bonds. The zero-order chi connectivity index (χ0) is 25.1. The van der Waals surface area contributed by atoms with Crippen molar-refractivity contribution in [2.45, 2.75) is 162 Å². The maximum Gasteiger partial charge on any atom is 0.305 e. The summed E-state index contributed by atoms with van der Waals surface area (Å²) in [6.45, 7) is 7.89. The summed E-state index contributed by atoms with van der Waals surface area (Å²) in [6, 6.07) is 0. The molecule has 0 aromatic rings. The van der Waals surface area contributed by atoms with Crippen LogP contribution in [0.2, 0.25) is 0 Å². The lowest BCUT2D eigenvalue weighted by Crippen LogP contribution is -2.08. The normalized spacial score (nSPS) is 12.0. The first-order valence-electron chi connectivity index (χ1n) is 14.9. The Bertz CT molecular complexity index is 449. The van der Waals surface area contributed by atoms with Crippen LogP contribution in [0, 0.1) is 5.92 Å². The minimum Gasteiger partial charge on any atom is -0.466 e. The van der Waals surface area contributed by atoms with Crippen molar-refractivity contribution in [3.63, 3.8) is 0 Å². The fraction of sp³-hybridized carbons (Fsp3) is 0.933. The molecule has 0 aliphatic rings. The summed E-state index contributed by atoms with van der Waals surface area (Å²) in [6.07, 6.45) is 24.9. The van der Waals surface area contributed by atoms with Crippen LogP contribution in [0.25, 0.3) is 0 Å². The zero-order valence-corrected chi connectivity index (χ0v) is 23.2. The highest BCUT2D eigenvalue weighted by molar-refractivity contribution is 5.69. The van der Waals surface area contributed by atoms with Crippen LogP contribution >= 0.6 is 0 Å². The molecule has 1 unspecified atom stereocenters. The highest BCUT2D eigenvalue weighted by Crippen LogP contribution is 2.17. The summed E-state index contributed by atoms with van der Waals surface area (Å²) in [5.74, 6) is 0.543. The Morgan fingerprint density at radius 3 is 1.44 bits per heavy atom. The van der Waals surface area contributed by atoms with Crippen LogP contribution in [0.1, 0.15) is 162 Å². The molecule has 202 valence electrons. The lowest BCUT2D eigenvalue weighted by molar-refractivity contribution is -0.144. The molecule has 0 rings (SSSR count). The molecule has 0 aliphatic heterocycles. The molecule has 0 N–H and O–H groups in total. The van der Waals surface area contributed by atoms with Gasteiger partial charge in [0.25, 0.3) is 0 Å². The predicted molar refractivity (Wildman–Crippen MR) is 144 cm³/mol. The lowest BCUT2D eigenvalue weighted by Gasteiger charge is -2.11. The van der Waals surface area contributed by atoms with E-state index in [9.17, 15) is 9.59 Å². The fourth-order valence-corrected chi connectivity index (χ4v) is 4.26. The maximum absolute atomic E-state index is 11.9. The van der Waals surface area contributed by atoms with Gasteiger partial charge in [0.2, 0.25) is 0 Å². The van der Waals surface area contributed by atoms with Crippen molar-refractivity contribution in [2.75, 3.05) is 13.2 Å². The largest absolute Gasteiger partial charge is 0.466 e. The SMILES string of the molecule is CCCCCCCCOC(=O)CCCCCCCCC(C)CCC(=O)OCCCCCCCC. The summed E-state index contributed by atoms with van der Waals surface area (Å²) in [4.78, 5) is 23.6. The van der Waals surface area contributed by atoms with Crippen LogP contribution in [0.15, 0.2) is 0 Å². The van der Waals surface area contributed by atoms with Gasteiger partial charge in [-0.05, 0) is 31.6 Å². The molecule has 0 spiro atoms. The van der Waals surface area contributed by atoms with E-state index >= 15 is 0 Å². The minimum atomic E-state index is -0.0223. The highest BCUT2D eigenvalue weighted by atomic mass is 16.5. The molecule has 0 heterocycles. The van der Waals surface area contributed by atoms with Crippen molar-refractivity contribution in [3.05, 3.63) is 0 Å². The Balaban J connectivity index is 3.37. The smallest absolute Gasteiger partial charge is 0.305 e. The van der Waals surface area contributed by atoms with Gasteiger partial charge < -0.3 is 9.47 Å². The van der Waals surface area contributed by atoms with Crippen molar-refractivity contribution in [2.24, 2.45) is 5.92 Å². The number of unbranched alkanes of at least 4 members (excludes halogenated alkanes) is 15. The van der Waals surface area contributed by atoms with E-state index in [1.807, 2.05) is 0 Å². The summed E-state index contributed by atoms with van der Waals surface area (Å²) < 4.78 is 10.7. The third-order valence-electron chi connectivity index (χ3n) is 6.69. The Hall–Kier alpha value is -1.06. The maximum atomic E-state index is 11.9. The Kier molecular flexibility index (Phi) is 25.7. The third-order valence-corrected chi connectivity index (χ3v) is 6.69. The van der Waals surface area contributed by atoms with E-state index in [1.165, 1.54) is 96.3 Å². The van der Waals surface area contributed by atoms with Crippen molar-refractivity contribution >= 4 is 11.9 Å². The van der Waals surface area contributed by atoms with E-state index < -0.39 is 0 Å². The van der Waals surface area contributed by atoms with Crippen LogP contribution < -0.4 is 0 Å². The van der Waals surface area contributed by atoms with Crippen molar-refractivity contribution in [1.82, 2.24) is 0 Å². The van der Waals surface area contributed by atoms with Crippen LogP contribution in [-0.2, 0) is 19.1 Å². The van der Waals surface area contributed by atoms with Crippen molar-refractivity contribution < 1.29 is 19.1 Å². The van der Waals surface area contributed by atoms with Gasteiger partial charge in [0.1, 0.15) is 0 Å². The topological polar surface area (TPSA) is 52.6 Å². The summed E-state index contributed by atoms with van der Waals surface area (Å²) in [5.41, 5.74) is 0. The van der Waals surface area contributed by atoms with Gasteiger partial charge in [-0.3, -0.25) is 9.59 Å². The summed E-state index contributed by atoms with van der Waals surface area (Å²) in [5, 5.41) is 0. The van der Waals surface area contributed by atoms with Gasteiger partial charge in [-0.1, -0.05) is 124 Å². The first-order valence-corrected chi connectivity index (χ1v) is 14.9. The van der Waals surface area contributed by atoms with E-state index in [4.69, 9.17) is 9.47 Å². The molecule has 0 aromatic heterocycles. The first kappa shape index (κ1) is 32.9. The zero-order valence-electron chi connectivity index (χ0n) is 23.2. The molecule has 4 nitrogen and oxygen atoms in total. The molecule has 0 aromatic carbocycles. The molecular weight excluding hydrogens is 424 g/mol. The lowest BCUT2D eigenvalue weighted by atomic mass is 9.97. The van der Waals surface area contributed by atoms with E-state index in [1.54, 1.807) is 0 Å². The molecule has 0 saturated carbocycles. The molecule has 0 bridgehead atoms. The van der Waals surface area contributed by atoms with E-state index in [-0.39, 0.29) is 11.9 Å². The molecule has 0 aliphatic carbocycles. The number of carbonyl (C=O) groups excluding carboxylic acids is 2. The van der Waals surface area contributed by atoms with E-state index in [0.29, 0.717) is 32.0 Å². The van der Waals surface area contributed by atoms with Crippen LogP contribution in [-0.4, -0.2) is 25.2 Å². The standard InChI is InChI=1S/C30H58O4/c1-4-6-8-10-16-20-26-33-29(31)23-19-15-13-12-14-18-22-28(3)24-25-30(32)34-27-21-17-11-9-7-5-2/h28H,4-27H2,1-3H3. The van der Waals surface area contributed by atoms with Gasteiger partial charge in [-0.15, -0.1) is 0 Å². The molecule has 0 fully saturated rings. The number of rotatable bonds is 26. The van der Waals surface area contributed by atoms with Gasteiger partial charge in [-0.2, -0.15) is 0 Å². The van der Waals surface area contributed by atoms with Crippen LogP contribution in [0.4, 0.5) is 0 Å². The number of hydrogen-bond donors (Lipinski definition) is 0. The van der Waals surface area contributed by atoms with Gasteiger partial charge in [0.15, 0.2) is 0 Å². The van der Waals surface area contributed by atoms with Gasteiger partial charge >= 0.3 is 11.9 Å². The molecule has 0 saturated heterocycles. The van der Waals surface area contributed by atoms with Gasteiger partial charge in [0.05, 0.1) is 13.2 Å². The van der Waals surface area contributed by atoms with E-state index in [0.717, 1.165) is 32.1 Å². The quantitative estimate of drug-likeness (QED) is 0.0910. The highest BCUT2D eigenvalue weighted by Gasteiger charge is 2.08. The fourth-order valence-electron chi connectivity index (χ4n) is 4.26. The van der Waals surface area contributed by atoms with Crippen LogP contribution in [0.3, 0.4) is 0 Å². The van der Waals surface area contributed by atoms with Gasteiger partial charge in [-0.25, -0.2) is 0 Å². The average molecular weight is 483 g/mol. The number of ether oxygens (including phenoxy) is 2. The minimum absolute atomic E-state index is 0.0205. The Morgan fingerprint density at radius 1 is 0.500 bits per heavy atom.